The molecule has 0 amide bonds. The molecule has 2 heteroatoms. The molecule has 0 aliphatic carbocycles. The number of carbonyl (C=O) groups excluding carboxylic acids is 1. The van der Waals surface area contributed by atoms with Crippen molar-refractivity contribution in [1.29, 1.82) is 0 Å². The van der Waals surface area contributed by atoms with E-state index >= 15 is 0 Å². The molecule has 0 bridgehead atoms. The molecular formula is C17H18OS. The zero-order valence-corrected chi connectivity index (χ0v) is 12.2. The van der Waals surface area contributed by atoms with Crippen molar-refractivity contribution in [1.82, 2.24) is 0 Å². The van der Waals surface area contributed by atoms with Gasteiger partial charge in [0.1, 0.15) is 5.78 Å². The summed E-state index contributed by atoms with van der Waals surface area (Å²) in [6.45, 7) is 2.05. The fourth-order valence-corrected chi connectivity index (χ4v) is 2.58. The highest BCUT2D eigenvalue weighted by Gasteiger charge is 2.07. The zero-order chi connectivity index (χ0) is 13.7. The molecule has 0 radical (unpaired) electrons. The third-order valence-electron chi connectivity index (χ3n) is 3.18. The minimum absolute atomic E-state index is 0.271. The summed E-state index contributed by atoms with van der Waals surface area (Å²) in [4.78, 5) is 13.3. The Kier molecular flexibility index (Phi) is 4.80. The van der Waals surface area contributed by atoms with Crippen molar-refractivity contribution in [2.24, 2.45) is 0 Å². The Labute approximate surface area is 119 Å². The molecule has 2 aromatic carbocycles. The van der Waals surface area contributed by atoms with Crippen molar-refractivity contribution >= 4 is 17.5 Å². The van der Waals surface area contributed by atoms with Crippen molar-refractivity contribution in [3.8, 4) is 0 Å². The monoisotopic (exact) mass is 270 g/mol. The molecule has 0 spiro atoms. The van der Waals surface area contributed by atoms with Crippen LogP contribution in [-0.4, -0.2) is 12.0 Å². The van der Waals surface area contributed by atoms with Crippen LogP contribution < -0.4 is 0 Å². The van der Waals surface area contributed by atoms with Crippen molar-refractivity contribution in [2.75, 3.05) is 6.26 Å². The molecule has 0 unspecified atom stereocenters. The van der Waals surface area contributed by atoms with Crippen LogP contribution in [0.25, 0.3) is 0 Å². The van der Waals surface area contributed by atoms with Crippen LogP contribution in [0.2, 0.25) is 0 Å². The maximum absolute atomic E-state index is 12.1. The Morgan fingerprint density at radius 1 is 1.05 bits per heavy atom. The van der Waals surface area contributed by atoms with Crippen LogP contribution in [0.3, 0.4) is 0 Å². The van der Waals surface area contributed by atoms with E-state index in [-0.39, 0.29) is 5.78 Å². The van der Waals surface area contributed by atoms with Crippen molar-refractivity contribution < 1.29 is 4.79 Å². The maximum atomic E-state index is 12.1. The van der Waals surface area contributed by atoms with Gasteiger partial charge in [-0.15, -0.1) is 11.8 Å². The fraction of sp³-hybridized carbons (Fsp3) is 0.235. The van der Waals surface area contributed by atoms with Gasteiger partial charge in [0.05, 0.1) is 0 Å². The van der Waals surface area contributed by atoms with E-state index in [1.54, 1.807) is 11.8 Å². The van der Waals surface area contributed by atoms with E-state index in [0.29, 0.717) is 12.8 Å². The van der Waals surface area contributed by atoms with Gasteiger partial charge in [-0.25, -0.2) is 0 Å². The average Bonchev–Trinajstić information content (AvgIpc) is 2.41. The molecule has 19 heavy (non-hydrogen) atoms. The van der Waals surface area contributed by atoms with Crippen LogP contribution in [-0.2, 0) is 17.6 Å². The number of rotatable bonds is 5. The smallest absolute Gasteiger partial charge is 0.141 e. The van der Waals surface area contributed by atoms with Crippen LogP contribution >= 0.6 is 11.8 Å². The second kappa shape index (κ2) is 6.58. The molecule has 0 heterocycles. The summed E-state index contributed by atoms with van der Waals surface area (Å²) in [5.41, 5.74) is 3.42. The van der Waals surface area contributed by atoms with E-state index in [2.05, 4.69) is 25.1 Å². The van der Waals surface area contributed by atoms with Crippen molar-refractivity contribution in [3.05, 3.63) is 65.2 Å². The molecule has 2 aromatic rings. The first-order valence-corrected chi connectivity index (χ1v) is 7.60. The van der Waals surface area contributed by atoms with Gasteiger partial charge >= 0.3 is 0 Å². The van der Waals surface area contributed by atoms with Gasteiger partial charge in [-0.1, -0.05) is 36.4 Å². The molecular weight excluding hydrogens is 252 g/mol. The summed E-state index contributed by atoms with van der Waals surface area (Å²) < 4.78 is 0. The number of hydrogen-bond donors (Lipinski definition) is 0. The van der Waals surface area contributed by atoms with Gasteiger partial charge in [0.25, 0.3) is 0 Å². The number of carbonyl (C=O) groups is 1. The summed E-state index contributed by atoms with van der Waals surface area (Å²) in [6.07, 6.45) is 3.09. The minimum atomic E-state index is 0.271. The lowest BCUT2D eigenvalue weighted by Crippen LogP contribution is -2.07. The van der Waals surface area contributed by atoms with E-state index in [1.165, 1.54) is 10.5 Å². The molecule has 0 saturated carbocycles. The summed E-state index contributed by atoms with van der Waals surface area (Å²) in [5.74, 6) is 0.271. The predicted octanol–water partition coefficient (Wildman–Crippen LogP) is 4.07. The quantitative estimate of drug-likeness (QED) is 0.762. The Balaban J connectivity index is 2.03. The average molecular weight is 270 g/mol. The van der Waals surface area contributed by atoms with Gasteiger partial charge < -0.3 is 0 Å². The van der Waals surface area contributed by atoms with Crippen LogP contribution in [0, 0.1) is 6.92 Å². The number of ketones is 1. The molecule has 0 aliphatic rings. The van der Waals surface area contributed by atoms with Crippen molar-refractivity contribution in [3.63, 3.8) is 0 Å². The molecule has 98 valence electrons. The Morgan fingerprint density at radius 3 is 2.58 bits per heavy atom. The Bertz CT molecular complexity index is 575. The minimum Gasteiger partial charge on any atom is -0.299 e. The van der Waals surface area contributed by atoms with Gasteiger partial charge in [0.2, 0.25) is 0 Å². The topological polar surface area (TPSA) is 17.1 Å². The highest BCUT2D eigenvalue weighted by atomic mass is 32.2. The first-order chi connectivity index (χ1) is 9.19. The summed E-state index contributed by atoms with van der Waals surface area (Å²) >= 11 is 1.71. The summed E-state index contributed by atoms with van der Waals surface area (Å²) in [7, 11) is 0. The van der Waals surface area contributed by atoms with Gasteiger partial charge in [0.15, 0.2) is 0 Å². The number of benzene rings is 2. The van der Waals surface area contributed by atoms with Crippen LogP contribution in [0.4, 0.5) is 0 Å². The fourth-order valence-electron chi connectivity index (χ4n) is 2.09. The number of thioether (sulfide) groups is 1. The largest absolute Gasteiger partial charge is 0.299 e. The van der Waals surface area contributed by atoms with Crippen molar-refractivity contribution in [2.45, 2.75) is 24.7 Å². The highest BCUT2D eigenvalue weighted by molar-refractivity contribution is 7.98. The van der Waals surface area contributed by atoms with E-state index in [4.69, 9.17) is 0 Å². The van der Waals surface area contributed by atoms with Gasteiger partial charge in [-0.2, -0.15) is 0 Å². The lowest BCUT2D eigenvalue weighted by molar-refractivity contribution is -0.117. The molecule has 0 aliphatic heterocycles. The molecule has 0 atom stereocenters. The van der Waals surface area contributed by atoms with E-state index in [1.807, 2.05) is 36.6 Å². The highest BCUT2D eigenvalue weighted by Crippen LogP contribution is 2.17. The zero-order valence-electron chi connectivity index (χ0n) is 11.3. The van der Waals surface area contributed by atoms with Gasteiger partial charge in [0, 0.05) is 17.7 Å². The first kappa shape index (κ1) is 13.9. The SMILES string of the molecule is CSc1cccc(CC(=O)Cc2ccccc2C)c1. The summed E-state index contributed by atoms with van der Waals surface area (Å²) in [6, 6.07) is 16.3. The first-order valence-electron chi connectivity index (χ1n) is 6.38. The number of hydrogen-bond acceptors (Lipinski definition) is 2. The molecule has 0 N–H and O–H groups in total. The molecule has 0 saturated heterocycles. The maximum Gasteiger partial charge on any atom is 0.141 e. The van der Waals surface area contributed by atoms with E-state index in [0.717, 1.165) is 11.1 Å². The summed E-state index contributed by atoms with van der Waals surface area (Å²) in [5, 5.41) is 0. The second-order valence-corrected chi connectivity index (χ2v) is 5.55. The molecule has 2 rings (SSSR count). The lowest BCUT2D eigenvalue weighted by Gasteiger charge is -2.06. The molecule has 0 fully saturated rings. The standard InChI is InChI=1S/C17H18OS/c1-13-6-3-4-8-15(13)12-16(18)10-14-7-5-9-17(11-14)19-2/h3-9,11H,10,12H2,1-2H3. The van der Waals surface area contributed by atoms with Gasteiger partial charge in [-0.05, 0) is 42.0 Å². The third kappa shape index (κ3) is 3.97. The van der Waals surface area contributed by atoms with E-state index in [9.17, 15) is 4.79 Å². The van der Waals surface area contributed by atoms with Crippen LogP contribution in [0.1, 0.15) is 16.7 Å². The second-order valence-electron chi connectivity index (χ2n) is 4.67. The van der Waals surface area contributed by atoms with E-state index < -0.39 is 0 Å². The van der Waals surface area contributed by atoms with Crippen LogP contribution in [0.15, 0.2) is 53.4 Å². The third-order valence-corrected chi connectivity index (χ3v) is 3.91. The normalized spacial score (nSPS) is 10.4. The number of aryl methyl sites for hydroxylation is 1. The predicted molar refractivity (Wildman–Crippen MR) is 81.8 cm³/mol. The Morgan fingerprint density at radius 2 is 1.84 bits per heavy atom. The Hall–Kier alpha value is -1.54. The number of Topliss-reactive ketones (excluding diaryl/α,β-unsaturated/α-hetero) is 1. The van der Waals surface area contributed by atoms with Gasteiger partial charge in [-0.3, -0.25) is 4.79 Å². The molecule has 1 nitrogen and oxygen atoms in total. The van der Waals surface area contributed by atoms with Crippen LogP contribution in [0.5, 0.6) is 0 Å². The molecule has 0 aromatic heterocycles. The lowest BCUT2D eigenvalue weighted by atomic mass is 10.00.